The molecule has 3 aliphatic rings. The second kappa shape index (κ2) is 6.97. The summed E-state index contributed by atoms with van der Waals surface area (Å²) in [6, 6.07) is 2.47. The highest BCUT2D eigenvalue weighted by molar-refractivity contribution is 7.91. The third kappa shape index (κ3) is 3.19. The number of hydrogen-bond donors (Lipinski definition) is 1. The van der Waals surface area contributed by atoms with Crippen LogP contribution >= 0.6 is 22.9 Å². The Morgan fingerprint density at radius 3 is 2.36 bits per heavy atom. The van der Waals surface area contributed by atoms with Crippen molar-refractivity contribution in [1.82, 2.24) is 19.4 Å². The van der Waals surface area contributed by atoms with Crippen molar-refractivity contribution in [3.8, 4) is 0 Å². The zero-order valence-corrected chi connectivity index (χ0v) is 17.3. The van der Waals surface area contributed by atoms with Gasteiger partial charge in [0, 0.05) is 26.2 Å². The summed E-state index contributed by atoms with van der Waals surface area (Å²) in [7, 11) is -3.64. The fraction of sp³-hybridized carbons (Fsp3) is 0.562. The largest absolute Gasteiger partial charge is 0.338 e. The van der Waals surface area contributed by atoms with Gasteiger partial charge in [0.15, 0.2) is 0 Å². The van der Waals surface area contributed by atoms with E-state index in [9.17, 15) is 22.8 Å². The summed E-state index contributed by atoms with van der Waals surface area (Å²) in [4.78, 5) is 39.6. The van der Waals surface area contributed by atoms with Crippen LogP contribution in [0.25, 0.3) is 0 Å². The van der Waals surface area contributed by atoms with Crippen LogP contribution < -0.4 is 5.32 Å². The van der Waals surface area contributed by atoms with Crippen molar-refractivity contribution in [2.75, 3.05) is 32.7 Å². The van der Waals surface area contributed by atoms with Crippen molar-refractivity contribution in [1.29, 1.82) is 0 Å². The summed E-state index contributed by atoms with van der Waals surface area (Å²) >= 11 is 6.82. The highest BCUT2D eigenvalue weighted by Crippen LogP contribution is 2.37. The molecule has 1 aromatic rings. The number of amides is 4. The topological polar surface area (TPSA) is 107 Å². The molecule has 9 nitrogen and oxygen atoms in total. The van der Waals surface area contributed by atoms with Crippen molar-refractivity contribution in [3.05, 3.63) is 16.5 Å². The van der Waals surface area contributed by atoms with Gasteiger partial charge in [-0.3, -0.25) is 14.5 Å². The monoisotopic (exact) mass is 446 g/mol. The molecular weight excluding hydrogens is 428 g/mol. The first-order chi connectivity index (χ1) is 13.2. The zero-order chi connectivity index (χ0) is 20.1. The van der Waals surface area contributed by atoms with Gasteiger partial charge < -0.3 is 10.2 Å². The molecule has 12 heteroatoms. The number of carbonyl (C=O) groups is 3. The number of nitrogens with zero attached hydrogens (tertiary/aromatic N) is 3. The third-order valence-electron chi connectivity index (χ3n) is 5.48. The number of urea groups is 1. The van der Waals surface area contributed by atoms with Crippen molar-refractivity contribution < 1.29 is 22.8 Å². The summed E-state index contributed by atoms with van der Waals surface area (Å²) in [5.41, 5.74) is -0.813. The first kappa shape index (κ1) is 19.6. The van der Waals surface area contributed by atoms with E-state index in [0.717, 1.165) is 22.7 Å². The number of rotatable bonds is 4. The lowest BCUT2D eigenvalue weighted by atomic mass is 9.77. The lowest BCUT2D eigenvalue weighted by molar-refractivity contribution is -0.141. The Bertz CT molecular complexity index is 935. The lowest BCUT2D eigenvalue weighted by Crippen LogP contribution is -2.54. The minimum atomic E-state index is -3.64. The maximum Gasteiger partial charge on any atom is 0.325 e. The molecule has 152 valence electrons. The summed E-state index contributed by atoms with van der Waals surface area (Å²) < 4.78 is 27.1. The molecule has 4 amide bonds. The maximum atomic E-state index is 12.6. The number of thiophene rings is 1. The molecule has 0 radical (unpaired) electrons. The van der Waals surface area contributed by atoms with Crippen LogP contribution in [-0.4, -0.2) is 78.6 Å². The van der Waals surface area contributed by atoms with Crippen LogP contribution in [0.2, 0.25) is 4.34 Å². The molecule has 1 saturated carbocycles. The van der Waals surface area contributed by atoms with Gasteiger partial charge >= 0.3 is 6.03 Å². The van der Waals surface area contributed by atoms with E-state index >= 15 is 0 Å². The van der Waals surface area contributed by atoms with Crippen molar-refractivity contribution in [3.63, 3.8) is 0 Å². The van der Waals surface area contributed by atoms with Crippen LogP contribution in [0.3, 0.4) is 0 Å². The molecule has 0 bridgehead atoms. The molecule has 1 aliphatic carbocycles. The van der Waals surface area contributed by atoms with Crippen molar-refractivity contribution in [2.45, 2.75) is 29.0 Å². The average Bonchev–Trinajstić information content (AvgIpc) is 3.18. The van der Waals surface area contributed by atoms with Crippen LogP contribution in [0.4, 0.5) is 4.79 Å². The molecule has 3 fully saturated rings. The van der Waals surface area contributed by atoms with Crippen LogP contribution in [0, 0.1) is 0 Å². The fourth-order valence-corrected chi connectivity index (χ4v) is 6.72. The van der Waals surface area contributed by atoms with Crippen LogP contribution in [0.15, 0.2) is 16.3 Å². The number of carbonyl (C=O) groups excluding carboxylic acids is 3. The molecule has 1 N–H and O–H groups in total. The third-order valence-corrected chi connectivity index (χ3v) is 9.08. The Morgan fingerprint density at radius 1 is 1.18 bits per heavy atom. The normalized spacial score (nSPS) is 22.5. The first-order valence-corrected chi connectivity index (χ1v) is 11.5. The number of sulfonamides is 1. The van der Waals surface area contributed by atoms with Gasteiger partial charge in [0.1, 0.15) is 16.3 Å². The molecule has 2 aliphatic heterocycles. The summed E-state index contributed by atoms with van der Waals surface area (Å²) in [6.07, 6.45) is 2.08. The number of piperazine rings is 1. The second-order valence-electron chi connectivity index (χ2n) is 7.10. The SMILES string of the molecule is O=C(CN1C(=O)NC2(CCC2)C1=O)N1CCN(S(=O)(=O)c2ccc(Cl)s2)CC1. The van der Waals surface area contributed by atoms with E-state index in [1.54, 1.807) is 0 Å². The zero-order valence-electron chi connectivity index (χ0n) is 14.9. The van der Waals surface area contributed by atoms with E-state index in [4.69, 9.17) is 11.6 Å². The minimum absolute atomic E-state index is 0.147. The second-order valence-corrected chi connectivity index (χ2v) is 11.0. The standard InChI is InChI=1S/C16H19ClN4O5S2/c17-11-2-3-13(27-11)28(25,26)20-8-6-19(7-9-20)12(22)10-21-14(23)16(4-1-5-16)18-15(21)24/h2-3H,1,4-10H2,(H,18,24). The predicted octanol–water partition coefficient (Wildman–Crippen LogP) is 0.709. The Morgan fingerprint density at radius 2 is 1.86 bits per heavy atom. The van der Waals surface area contributed by atoms with E-state index in [0.29, 0.717) is 17.2 Å². The Kier molecular flexibility index (Phi) is 4.89. The molecule has 2 saturated heterocycles. The van der Waals surface area contributed by atoms with Gasteiger partial charge in [-0.05, 0) is 31.4 Å². The molecule has 0 aromatic carbocycles. The molecule has 1 aromatic heterocycles. The van der Waals surface area contributed by atoms with E-state index in [1.165, 1.54) is 21.3 Å². The summed E-state index contributed by atoms with van der Waals surface area (Å²) in [5.74, 6) is -0.705. The van der Waals surface area contributed by atoms with Crippen LogP contribution in [0.5, 0.6) is 0 Å². The summed E-state index contributed by atoms with van der Waals surface area (Å²) in [6.45, 7) is 0.374. The Hall–Kier alpha value is -1.69. The first-order valence-electron chi connectivity index (χ1n) is 8.90. The average molecular weight is 447 g/mol. The molecular formula is C16H19ClN4O5S2. The predicted molar refractivity (Wildman–Crippen MR) is 101 cm³/mol. The van der Waals surface area contributed by atoms with Gasteiger partial charge in [-0.1, -0.05) is 11.6 Å². The molecule has 4 rings (SSSR count). The quantitative estimate of drug-likeness (QED) is 0.685. The van der Waals surface area contributed by atoms with Gasteiger partial charge in [-0.25, -0.2) is 13.2 Å². The Labute approximate surface area is 171 Å². The van der Waals surface area contributed by atoms with Gasteiger partial charge in [0.05, 0.1) is 4.34 Å². The number of halogens is 1. The van der Waals surface area contributed by atoms with E-state index < -0.39 is 21.6 Å². The Balaban J connectivity index is 1.36. The highest BCUT2D eigenvalue weighted by atomic mass is 35.5. The highest BCUT2D eigenvalue weighted by Gasteiger charge is 2.55. The number of imide groups is 1. The number of hydrogen-bond acceptors (Lipinski definition) is 6. The van der Waals surface area contributed by atoms with Crippen LogP contribution in [0.1, 0.15) is 19.3 Å². The smallest absolute Gasteiger partial charge is 0.325 e. The number of nitrogens with one attached hydrogen (secondary N) is 1. The lowest BCUT2D eigenvalue weighted by Gasteiger charge is -2.35. The van der Waals surface area contributed by atoms with Crippen LogP contribution in [-0.2, 0) is 19.6 Å². The van der Waals surface area contributed by atoms with E-state index in [-0.39, 0.29) is 48.7 Å². The van der Waals surface area contributed by atoms with Gasteiger partial charge in [0.25, 0.3) is 15.9 Å². The molecule has 3 heterocycles. The van der Waals surface area contributed by atoms with Gasteiger partial charge in [-0.2, -0.15) is 4.31 Å². The van der Waals surface area contributed by atoms with Gasteiger partial charge in [-0.15, -0.1) is 11.3 Å². The van der Waals surface area contributed by atoms with E-state index in [2.05, 4.69) is 5.32 Å². The minimum Gasteiger partial charge on any atom is -0.338 e. The maximum absolute atomic E-state index is 12.6. The molecule has 0 unspecified atom stereocenters. The van der Waals surface area contributed by atoms with E-state index in [1.807, 2.05) is 0 Å². The molecule has 0 atom stereocenters. The van der Waals surface area contributed by atoms with Crippen molar-refractivity contribution >= 4 is 50.8 Å². The molecule has 28 heavy (non-hydrogen) atoms. The van der Waals surface area contributed by atoms with Crippen molar-refractivity contribution in [2.24, 2.45) is 0 Å². The van der Waals surface area contributed by atoms with Gasteiger partial charge in [0.2, 0.25) is 5.91 Å². The molecule has 1 spiro atoms. The summed E-state index contributed by atoms with van der Waals surface area (Å²) in [5, 5.41) is 2.69. The fourth-order valence-electron chi connectivity index (χ4n) is 3.67.